The Kier molecular flexibility index (Phi) is 4.17. The largest absolute Gasteiger partial charge is 0.444 e. The molecular weight excluding hydrogens is 264 g/mol. The van der Waals surface area contributed by atoms with Crippen LogP contribution in [0, 0.1) is 0 Å². The van der Waals surface area contributed by atoms with E-state index in [0.29, 0.717) is 0 Å². The Labute approximate surface area is 124 Å². The SMILES string of the molecule is O=C(Nc1ccc2c(c1)CNCC2)OCc1ccccc1. The molecule has 1 amide bonds. The highest BCUT2D eigenvalue weighted by atomic mass is 16.5. The van der Waals surface area contributed by atoms with Gasteiger partial charge in [0.05, 0.1) is 0 Å². The van der Waals surface area contributed by atoms with Crippen LogP contribution < -0.4 is 10.6 Å². The van der Waals surface area contributed by atoms with Crippen LogP contribution >= 0.6 is 0 Å². The first-order valence-electron chi connectivity index (χ1n) is 7.11. The first-order valence-corrected chi connectivity index (χ1v) is 7.11. The number of nitrogens with one attached hydrogen (secondary N) is 2. The lowest BCUT2D eigenvalue weighted by Crippen LogP contribution is -2.23. The molecule has 0 aromatic heterocycles. The van der Waals surface area contributed by atoms with Crippen LogP contribution in [0.4, 0.5) is 10.5 Å². The summed E-state index contributed by atoms with van der Waals surface area (Å²) in [4.78, 5) is 11.8. The van der Waals surface area contributed by atoms with E-state index in [1.807, 2.05) is 42.5 Å². The van der Waals surface area contributed by atoms with Crippen LogP contribution in [-0.4, -0.2) is 12.6 Å². The van der Waals surface area contributed by atoms with Gasteiger partial charge >= 0.3 is 6.09 Å². The Morgan fingerprint density at radius 2 is 2.00 bits per heavy atom. The number of ether oxygens (including phenoxy) is 1. The summed E-state index contributed by atoms with van der Waals surface area (Å²) in [6.45, 7) is 2.14. The molecule has 0 spiro atoms. The second-order valence-electron chi connectivity index (χ2n) is 5.10. The van der Waals surface area contributed by atoms with Crippen molar-refractivity contribution in [2.24, 2.45) is 0 Å². The number of hydrogen-bond donors (Lipinski definition) is 2. The van der Waals surface area contributed by atoms with E-state index in [1.54, 1.807) is 0 Å². The summed E-state index contributed by atoms with van der Waals surface area (Å²) in [6.07, 6.45) is 0.608. The summed E-state index contributed by atoms with van der Waals surface area (Å²) in [5.74, 6) is 0. The number of hydrogen-bond acceptors (Lipinski definition) is 3. The van der Waals surface area contributed by atoms with E-state index < -0.39 is 6.09 Å². The Bertz CT molecular complexity index is 626. The number of carbonyl (C=O) groups excluding carboxylic acids is 1. The number of rotatable bonds is 3. The lowest BCUT2D eigenvalue weighted by molar-refractivity contribution is 0.155. The van der Waals surface area contributed by atoms with Crippen molar-refractivity contribution in [2.75, 3.05) is 11.9 Å². The Hall–Kier alpha value is -2.33. The van der Waals surface area contributed by atoms with Crippen molar-refractivity contribution in [3.63, 3.8) is 0 Å². The van der Waals surface area contributed by atoms with Gasteiger partial charge in [-0.1, -0.05) is 36.4 Å². The third kappa shape index (κ3) is 3.61. The smallest absolute Gasteiger partial charge is 0.411 e. The molecule has 2 aromatic carbocycles. The standard InChI is InChI=1S/C17H18N2O2/c20-17(21-12-13-4-2-1-3-5-13)19-16-7-6-14-8-9-18-11-15(14)10-16/h1-7,10,18H,8-9,11-12H2,(H,19,20). The molecule has 2 aromatic rings. The molecule has 1 aliphatic heterocycles. The van der Waals surface area contributed by atoms with Crippen molar-refractivity contribution < 1.29 is 9.53 Å². The highest BCUT2D eigenvalue weighted by Gasteiger charge is 2.10. The van der Waals surface area contributed by atoms with Gasteiger partial charge in [-0.15, -0.1) is 0 Å². The van der Waals surface area contributed by atoms with Crippen molar-refractivity contribution in [3.05, 3.63) is 65.2 Å². The van der Waals surface area contributed by atoms with Gasteiger partial charge in [-0.2, -0.15) is 0 Å². The lowest BCUT2D eigenvalue weighted by atomic mass is 10.0. The number of fused-ring (bicyclic) bond motifs is 1. The van der Waals surface area contributed by atoms with Crippen LogP contribution in [0.5, 0.6) is 0 Å². The molecule has 0 fully saturated rings. The molecule has 0 aliphatic carbocycles. The normalized spacial score (nSPS) is 13.3. The van der Waals surface area contributed by atoms with Crippen LogP contribution in [0.3, 0.4) is 0 Å². The average Bonchev–Trinajstić information content (AvgIpc) is 2.54. The second-order valence-corrected chi connectivity index (χ2v) is 5.10. The minimum Gasteiger partial charge on any atom is -0.444 e. The van der Waals surface area contributed by atoms with Gasteiger partial charge in [0, 0.05) is 12.2 Å². The number of benzene rings is 2. The van der Waals surface area contributed by atoms with E-state index in [-0.39, 0.29) is 6.61 Å². The van der Waals surface area contributed by atoms with E-state index >= 15 is 0 Å². The highest BCUT2D eigenvalue weighted by Crippen LogP contribution is 2.19. The van der Waals surface area contributed by atoms with Crippen LogP contribution in [0.1, 0.15) is 16.7 Å². The van der Waals surface area contributed by atoms with Crippen molar-refractivity contribution in [2.45, 2.75) is 19.6 Å². The van der Waals surface area contributed by atoms with Gasteiger partial charge in [-0.25, -0.2) is 4.79 Å². The van der Waals surface area contributed by atoms with Gasteiger partial charge in [0.1, 0.15) is 6.61 Å². The second kappa shape index (κ2) is 6.41. The van der Waals surface area contributed by atoms with Gasteiger partial charge in [-0.05, 0) is 41.8 Å². The first-order chi connectivity index (χ1) is 10.3. The van der Waals surface area contributed by atoms with Crippen LogP contribution in [0.15, 0.2) is 48.5 Å². The molecule has 1 aliphatic rings. The summed E-state index contributed by atoms with van der Waals surface area (Å²) in [6, 6.07) is 15.6. The molecule has 3 rings (SSSR count). The van der Waals surface area contributed by atoms with Crippen LogP contribution in [0.2, 0.25) is 0 Å². The summed E-state index contributed by atoms with van der Waals surface area (Å²) in [5, 5.41) is 6.10. The van der Waals surface area contributed by atoms with Gasteiger partial charge < -0.3 is 10.1 Å². The van der Waals surface area contributed by atoms with Crippen molar-refractivity contribution in [1.29, 1.82) is 0 Å². The number of amides is 1. The fourth-order valence-electron chi connectivity index (χ4n) is 2.44. The zero-order chi connectivity index (χ0) is 14.5. The van der Waals surface area contributed by atoms with E-state index in [0.717, 1.165) is 30.8 Å². The van der Waals surface area contributed by atoms with Gasteiger partial charge in [-0.3, -0.25) is 5.32 Å². The monoisotopic (exact) mass is 282 g/mol. The lowest BCUT2D eigenvalue weighted by Gasteiger charge is -2.18. The van der Waals surface area contributed by atoms with E-state index in [4.69, 9.17) is 4.74 Å². The molecule has 2 N–H and O–H groups in total. The predicted molar refractivity (Wildman–Crippen MR) is 82.1 cm³/mol. The van der Waals surface area contributed by atoms with Crippen LogP contribution in [0.25, 0.3) is 0 Å². The van der Waals surface area contributed by atoms with Crippen LogP contribution in [-0.2, 0) is 24.3 Å². The van der Waals surface area contributed by atoms with E-state index in [9.17, 15) is 4.79 Å². The molecule has 1 heterocycles. The van der Waals surface area contributed by atoms with E-state index in [2.05, 4.69) is 16.7 Å². The topological polar surface area (TPSA) is 50.4 Å². The summed E-state index contributed by atoms with van der Waals surface area (Å²) in [7, 11) is 0. The Morgan fingerprint density at radius 3 is 2.86 bits per heavy atom. The molecule has 0 atom stereocenters. The quantitative estimate of drug-likeness (QED) is 0.909. The summed E-state index contributed by atoms with van der Waals surface area (Å²) < 4.78 is 5.21. The molecule has 108 valence electrons. The van der Waals surface area contributed by atoms with Gasteiger partial charge in [0.15, 0.2) is 0 Å². The van der Waals surface area contributed by atoms with E-state index in [1.165, 1.54) is 11.1 Å². The minimum absolute atomic E-state index is 0.277. The number of anilines is 1. The van der Waals surface area contributed by atoms with Crippen molar-refractivity contribution in [1.82, 2.24) is 5.32 Å². The molecule has 0 radical (unpaired) electrons. The zero-order valence-corrected chi connectivity index (χ0v) is 11.8. The molecule has 0 unspecified atom stereocenters. The predicted octanol–water partition coefficient (Wildman–Crippen LogP) is 3.08. The van der Waals surface area contributed by atoms with Gasteiger partial charge in [0.2, 0.25) is 0 Å². The minimum atomic E-state index is -0.428. The molecular formula is C17H18N2O2. The summed E-state index contributed by atoms with van der Waals surface area (Å²) in [5.41, 5.74) is 4.33. The fraction of sp³-hybridized carbons (Fsp3) is 0.235. The summed E-state index contributed by atoms with van der Waals surface area (Å²) >= 11 is 0. The number of carbonyl (C=O) groups is 1. The maximum absolute atomic E-state index is 11.8. The molecule has 0 saturated carbocycles. The molecule has 0 bridgehead atoms. The van der Waals surface area contributed by atoms with Gasteiger partial charge in [0.25, 0.3) is 0 Å². The highest BCUT2D eigenvalue weighted by molar-refractivity contribution is 5.84. The third-order valence-corrected chi connectivity index (χ3v) is 3.55. The fourth-order valence-corrected chi connectivity index (χ4v) is 2.44. The maximum Gasteiger partial charge on any atom is 0.411 e. The molecule has 4 heteroatoms. The zero-order valence-electron chi connectivity index (χ0n) is 11.8. The average molecular weight is 282 g/mol. The Balaban J connectivity index is 1.57. The molecule has 4 nitrogen and oxygen atoms in total. The third-order valence-electron chi connectivity index (χ3n) is 3.55. The maximum atomic E-state index is 11.8. The Morgan fingerprint density at radius 1 is 1.14 bits per heavy atom. The molecule has 0 saturated heterocycles. The van der Waals surface area contributed by atoms with Crippen molar-refractivity contribution in [3.8, 4) is 0 Å². The van der Waals surface area contributed by atoms with Crippen molar-refractivity contribution >= 4 is 11.8 Å². The first kappa shape index (κ1) is 13.6. The molecule has 21 heavy (non-hydrogen) atoms.